The molecule has 0 bridgehead atoms. The van der Waals surface area contributed by atoms with Crippen molar-refractivity contribution >= 4 is 23.2 Å². The Balaban J connectivity index is 1.66. The van der Waals surface area contributed by atoms with E-state index in [-0.39, 0.29) is 18.4 Å². The fourth-order valence-corrected chi connectivity index (χ4v) is 2.95. The molecule has 0 saturated heterocycles. The Hall–Kier alpha value is -3.60. The zero-order valence-corrected chi connectivity index (χ0v) is 16.8. The number of carbonyl (C=O) groups excluding carboxylic acids is 2. The van der Waals surface area contributed by atoms with Gasteiger partial charge in [-0.15, -0.1) is 0 Å². The number of hydrogen-bond acceptors (Lipinski definition) is 3. The summed E-state index contributed by atoms with van der Waals surface area (Å²) in [6.07, 6.45) is 0. The van der Waals surface area contributed by atoms with E-state index in [2.05, 4.69) is 5.32 Å². The molecule has 3 rings (SSSR count). The van der Waals surface area contributed by atoms with Crippen molar-refractivity contribution < 1.29 is 14.3 Å². The largest absolute Gasteiger partial charge is 0.457 e. The molecule has 0 aromatic heterocycles. The Labute approximate surface area is 170 Å². The molecule has 2 amide bonds. The first-order valence-electron chi connectivity index (χ1n) is 9.40. The number of hydrogen-bond donors (Lipinski definition) is 1. The van der Waals surface area contributed by atoms with Crippen LogP contribution in [-0.2, 0) is 9.59 Å². The predicted octanol–water partition coefficient (Wildman–Crippen LogP) is 5.09. The monoisotopic (exact) mass is 388 g/mol. The summed E-state index contributed by atoms with van der Waals surface area (Å²) in [6.45, 7) is 5.29. The molecule has 0 heterocycles. The standard InChI is InChI=1S/C24H24N2O3/c1-17-9-10-18(2)23(15-17)26(19(3)27)16-24(28)25-20-11-13-22(14-12-20)29-21-7-5-4-6-8-21/h4-15H,16H2,1-3H3,(H,25,28). The molecule has 0 spiro atoms. The van der Waals surface area contributed by atoms with E-state index in [0.717, 1.165) is 22.6 Å². The van der Waals surface area contributed by atoms with Gasteiger partial charge in [-0.3, -0.25) is 9.59 Å². The van der Waals surface area contributed by atoms with Gasteiger partial charge in [0.25, 0.3) is 0 Å². The lowest BCUT2D eigenvalue weighted by molar-refractivity contribution is -0.120. The van der Waals surface area contributed by atoms with Crippen LogP contribution >= 0.6 is 0 Å². The van der Waals surface area contributed by atoms with Gasteiger partial charge in [0.15, 0.2) is 0 Å². The van der Waals surface area contributed by atoms with E-state index in [0.29, 0.717) is 11.4 Å². The summed E-state index contributed by atoms with van der Waals surface area (Å²) in [6, 6.07) is 22.4. The number of nitrogens with one attached hydrogen (secondary N) is 1. The van der Waals surface area contributed by atoms with E-state index < -0.39 is 0 Å². The predicted molar refractivity (Wildman–Crippen MR) is 116 cm³/mol. The highest BCUT2D eigenvalue weighted by Gasteiger charge is 2.18. The number of aryl methyl sites for hydroxylation is 2. The molecule has 1 N–H and O–H groups in total. The minimum absolute atomic E-state index is 0.0537. The molecule has 0 aliphatic rings. The highest BCUT2D eigenvalue weighted by molar-refractivity contribution is 6.02. The second-order valence-electron chi connectivity index (χ2n) is 6.88. The minimum atomic E-state index is -0.266. The molecule has 148 valence electrons. The summed E-state index contributed by atoms with van der Waals surface area (Å²) < 4.78 is 5.75. The van der Waals surface area contributed by atoms with E-state index in [1.54, 1.807) is 24.3 Å². The van der Waals surface area contributed by atoms with Crippen molar-refractivity contribution in [3.05, 3.63) is 83.9 Å². The Morgan fingerprint density at radius 2 is 1.55 bits per heavy atom. The van der Waals surface area contributed by atoms with Crippen molar-refractivity contribution in [3.63, 3.8) is 0 Å². The Morgan fingerprint density at radius 1 is 0.897 bits per heavy atom. The second-order valence-corrected chi connectivity index (χ2v) is 6.88. The zero-order valence-electron chi connectivity index (χ0n) is 16.8. The third-order valence-electron chi connectivity index (χ3n) is 4.45. The summed E-state index contributed by atoms with van der Waals surface area (Å²) >= 11 is 0. The van der Waals surface area contributed by atoms with Crippen molar-refractivity contribution in [1.82, 2.24) is 0 Å². The molecule has 0 aliphatic heterocycles. The van der Waals surface area contributed by atoms with E-state index in [4.69, 9.17) is 4.74 Å². The van der Waals surface area contributed by atoms with Gasteiger partial charge in [0.05, 0.1) is 0 Å². The van der Waals surface area contributed by atoms with Gasteiger partial charge in [-0.05, 0) is 67.4 Å². The van der Waals surface area contributed by atoms with Gasteiger partial charge in [-0.1, -0.05) is 30.3 Å². The summed E-state index contributed by atoms with van der Waals surface area (Å²) in [5.41, 5.74) is 3.37. The molecule has 0 saturated carbocycles. The fourth-order valence-electron chi connectivity index (χ4n) is 2.95. The van der Waals surface area contributed by atoms with Crippen LogP contribution in [0.25, 0.3) is 0 Å². The molecule has 0 aliphatic carbocycles. The average molecular weight is 388 g/mol. The maximum atomic E-state index is 12.5. The van der Waals surface area contributed by atoms with Crippen LogP contribution in [0.4, 0.5) is 11.4 Å². The van der Waals surface area contributed by atoms with E-state index in [1.807, 2.05) is 62.4 Å². The second kappa shape index (κ2) is 9.06. The van der Waals surface area contributed by atoms with Crippen molar-refractivity contribution in [3.8, 4) is 11.5 Å². The van der Waals surface area contributed by atoms with Crippen LogP contribution in [0.2, 0.25) is 0 Å². The number of anilines is 2. The number of carbonyl (C=O) groups is 2. The van der Waals surface area contributed by atoms with Crippen molar-refractivity contribution in [1.29, 1.82) is 0 Å². The SMILES string of the molecule is CC(=O)N(CC(=O)Nc1ccc(Oc2ccccc2)cc1)c1cc(C)ccc1C. The Kier molecular flexibility index (Phi) is 6.29. The molecule has 5 heteroatoms. The molecule has 5 nitrogen and oxygen atoms in total. The van der Waals surface area contributed by atoms with Gasteiger partial charge in [-0.25, -0.2) is 0 Å². The van der Waals surface area contributed by atoms with E-state index in [1.165, 1.54) is 11.8 Å². The molecule has 0 fully saturated rings. The van der Waals surface area contributed by atoms with Crippen LogP contribution in [0.15, 0.2) is 72.8 Å². The normalized spacial score (nSPS) is 10.3. The van der Waals surface area contributed by atoms with Gasteiger partial charge in [-0.2, -0.15) is 0 Å². The van der Waals surface area contributed by atoms with Crippen LogP contribution in [-0.4, -0.2) is 18.4 Å². The summed E-state index contributed by atoms with van der Waals surface area (Å²) in [5, 5.41) is 2.83. The summed E-state index contributed by atoms with van der Waals surface area (Å²) in [7, 11) is 0. The number of para-hydroxylation sites is 1. The Morgan fingerprint density at radius 3 is 2.21 bits per heavy atom. The first kappa shape index (κ1) is 20.1. The van der Waals surface area contributed by atoms with Crippen LogP contribution in [0.5, 0.6) is 11.5 Å². The molecule has 0 radical (unpaired) electrons. The number of rotatable bonds is 6. The summed E-state index contributed by atoms with van der Waals surface area (Å²) in [4.78, 5) is 26.2. The average Bonchev–Trinajstić information content (AvgIpc) is 2.70. The minimum Gasteiger partial charge on any atom is -0.457 e. The first-order chi connectivity index (χ1) is 13.9. The highest BCUT2D eigenvalue weighted by atomic mass is 16.5. The number of ether oxygens (including phenoxy) is 1. The van der Waals surface area contributed by atoms with Gasteiger partial charge in [0, 0.05) is 18.3 Å². The van der Waals surface area contributed by atoms with Gasteiger partial charge in [0.2, 0.25) is 11.8 Å². The maximum Gasteiger partial charge on any atom is 0.244 e. The van der Waals surface area contributed by atoms with E-state index >= 15 is 0 Å². The third kappa shape index (κ3) is 5.45. The lowest BCUT2D eigenvalue weighted by Gasteiger charge is -2.23. The van der Waals surface area contributed by atoms with Crippen molar-refractivity contribution in [2.24, 2.45) is 0 Å². The topological polar surface area (TPSA) is 58.6 Å². The summed E-state index contributed by atoms with van der Waals surface area (Å²) in [5.74, 6) is 0.975. The molecular formula is C24H24N2O3. The molecule has 0 unspecified atom stereocenters. The van der Waals surface area contributed by atoms with Crippen LogP contribution < -0.4 is 15.0 Å². The first-order valence-corrected chi connectivity index (χ1v) is 9.40. The molecule has 3 aromatic rings. The highest BCUT2D eigenvalue weighted by Crippen LogP contribution is 2.24. The molecule has 3 aromatic carbocycles. The van der Waals surface area contributed by atoms with Crippen molar-refractivity contribution in [2.75, 3.05) is 16.8 Å². The third-order valence-corrected chi connectivity index (χ3v) is 4.45. The Bertz CT molecular complexity index is 998. The maximum absolute atomic E-state index is 12.5. The van der Waals surface area contributed by atoms with Gasteiger partial charge in [0.1, 0.15) is 18.0 Å². The van der Waals surface area contributed by atoms with Crippen molar-refractivity contribution in [2.45, 2.75) is 20.8 Å². The quantitative estimate of drug-likeness (QED) is 0.640. The zero-order chi connectivity index (χ0) is 20.8. The van der Waals surface area contributed by atoms with E-state index in [9.17, 15) is 9.59 Å². The number of benzene rings is 3. The molecular weight excluding hydrogens is 364 g/mol. The lowest BCUT2D eigenvalue weighted by atomic mass is 10.1. The molecule has 29 heavy (non-hydrogen) atoms. The fraction of sp³-hybridized carbons (Fsp3) is 0.167. The number of nitrogens with zero attached hydrogens (tertiary/aromatic N) is 1. The smallest absolute Gasteiger partial charge is 0.244 e. The van der Waals surface area contributed by atoms with Gasteiger partial charge >= 0.3 is 0 Å². The van der Waals surface area contributed by atoms with Crippen LogP contribution in [0, 0.1) is 13.8 Å². The lowest BCUT2D eigenvalue weighted by Crippen LogP contribution is -2.37. The van der Waals surface area contributed by atoms with Gasteiger partial charge < -0.3 is 15.0 Å². The van der Waals surface area contributed by atoms with Crippen LogP contribution in [0.3, 0.4) is 0 Å². The molecule has 0 atom stereocenters. The number of amides is 2. The van der Waals surface area contributed by atoms with Crippen LogP contribution in [0.1, 0.15) is 18.1 Å².